The van der Waals surface area contributed by atoms with Crippen LogP contribution in [0.2, 0.25) is 0 Å². The molecule has 0 radical (unpaired) electrons. The van der Waals surface area contributed by atoms with E-state index in [4.69, 9.17) is 4.74 Å². The fourth-order valence-corrected chi connectivity index (χ4v) is 4.84. The molecule has 0 atom stereocenters. The Kier molecular flexibility index (Phi) is 6.89. The highest BCUT2D eigenvalue weighted by Gasteiger charge is 2.25. The molecule has 3 aromatic rings. The Morgan fingerprint density at radius 2 is 1.59 bits per heavy atom. The van der Waals surface area contributed by atoms with Gasteiger partial charge in [-0.1, -0.05) is 29.8 Å². The zero-order chi connectivity index (χ0) is 23.5. The van der Waals surface area contributed by atoms with Gasteiger partial charge in [0.05, 0.1) is 17.7 Å². The summed E-state index contributed by atoms with van der Waals surface area (Å²) in [7, 11) is -0.856. The van der Waals surface area contributed by atoms with Crippen LogP contribution in [0.1, 0.15) is 28.4 Å². The Morgan fingerprint density at radius 1 is 0.938 bits per heavy atom. The van der Waals surface area contributed by atoms with E-state index in [0.717, 1.165) is 16.8 Å². The van der Waals surface area contributed by atoms with Crippen LogP contribution in [-0.2, 0) is 10.0 Å². The molecule has 168 valence electrons. The van der Waals surface area contributed by atoms with Crippen molar-refractivity contribution >= 4 is 27.3 Å². The predicted molar refractivity (Wildman–Crippen MR) is 128 cm³/mol. The molecular formula is C25H28N2O4S. The molecule has 3 aromatic carbocycles. The zero-order valence-electron chi connectivity index (χ0n) is 19.0. The van der Waals surface area contributed by atoms with E-state index in [1.807, 2.05) is 39.0 Å². The van der Waals surface area contributed by atoms with E-state index in [2.05, 4.69) is 0 Å². The minimum Gasteiger partial charge on any atom is -0.495 e. The highest BCUT2D eigenvalue weighted by Crippen LogP contribution is 2.31. The van der Waals surface area contributed by atoms with Gasteiger partial charge in [-0.05, 0) is 68.8 Å². The summed E-state index contributed by atoms with van der Waals surface area (Å²) in [5, 5.41) is 0. The first-order valence-corrected chi connectivity index (χ1v) is 11.8. The number of aryl methyl sites for hydroxylation is 2. The fourth-order valence-electron chi connectivity index (χ4n) is 3.63. The van der Waals surface area contributed by atoms with Crippen molar-refractivity contribution < 1.29 is 17.9 Å². The lowest BCUT2D eigenvalue weighted by atomic mass is 10.1. The lowest BCUT2D eigenvalue weighted by molar-refractivity contribution is 0.0988. The maximum atomic E-state index is 13.2. The average Bonchev–Trinajstić information content (AvgIpc) is 2.80. The smallest absolute Gasteiger partial charge is 0.264 e. The van der Waals surface area contributed by atoms with Crippen molar-refractivity contribution in [1.82, 2.24) is 0 Å². The van der Waals surface area contributed by atoms with Crippen LogP contribution in [-0.4, -0.2) is 35.0 Å². The van der Waals surface area contributed by atoms with Crippen LogP contribution in [0.25, 0.3) is 0 Å². The Labute approximate surface area is 190 Å². The minimum atomic E-state index is -3.83. The number of rotatable bonds is 7. The molecule has 0 saturated carbocycles. The molecule has 0 heterocycles. The van der Waals surface area contributed by atoms with Gasteiger partial charge < -0.3 is 9.64 Å². The van der Waals surface area contributed by atoms with Crippen LogP contribution in [0, 0.1) is 13.8 Å². The molecule has 6 nitrogen and oxygen atoms in total. The van der Waals surface area contributed by atoms with Crippen LogP contribution >= 0.6 is 0 Å². The van der Waals surface area contributed by atoms with Gasteiger partial charge in [0.15, 0.2) is 0 Å². The van der Waals surface area contributed by atoms with Crippen molar-refractivity contribution in [2.24, 2.45) is 0 Å². The van der Waals surface area contributed by atoms with E-state index in [9.17, 15) is 13.2 Å². The second-order valence-electron chi connectivity index (χ2n) is 7.51. The van der Waals surface area contributed by atoms with Crippen LogP contribution < -0.4 is 13.9 Å². The maximum Gasteiger partial charge on any atom is 0.264 e. The number of carbonyl (C=O) groups is 1. The topological polar surface area (TPSA) is 66.9 Å². The molecule has 0 fully saturated rings. The largest absolute Gasteiger partial charge is 0.495 e. The van der Waals surface area contributed by atoms with Gasteiger partial charge in [-0.25, -0.2) is 8.42 Å². The summed E-state index contributed by atoms with van der Waals surface area (Å²) in [6.45, 7) is 6.40. The molecule has 3 rings (SSSR count). The van der Waals surface area contributed by atoms with Gasteiger partial charge in [0.25, 0.3) is 15.9 Å². The van der Waals surface area contributed by atoms with Gasteiger partial charge in [0.1, 0.15) is 5.75 Å². The van der Waals surface area contributed by atoms with Crippen molar-refractivity contribution in [3.8, 4) is 5.75 Å². The van der Waals surface area contributed by atoms with Crippen LogP contribution in [0.3, 0.4) is 0 Å². The number of carbonyl (C=O) groups excluding carboxylic acids is 1. The molecule has 0 unspecified atom stereocenters. The van der Waals surface area contributed by atoms with Crippen molar-refractivity contribution in [1.29, 1.82) is 0 Å². The number of amides is 1. The van der Waals surface area contributed by atoms with Gasteiger partial charge in [0, 0.05) is 24.8 Å². The lowest BCUT2D eigenvalue weighted by Gasteiger charge is -2.24. The molecule has 0 N–H and O–H groups in total. The molecule has 0 spiro atoms. The molecule has 0 aromatic heterocycles. The SMILES string of the molecule is CCN(C(=O)c1ccc(S(=O)(=O)N(C)c2ccccc2OC)cc1)c1ccc(C)cc1C. The number of benzene rings is 3. The van der Waals surface area contributed by atoms with E-state index in [1.165, 1.54) is 30.6 Å². The number of anilines is 2. The minimum absolute atomic E-state index is 0.0945. The third kappa shape index (κ3) is 4.48. The van der Waals surface area contributed by atoms with Crippen molar-refractivity contribution in [3.05, 3.63) is 83.4 Å². The first kappa shape index (κ1) is 23.3. The highest BCUT2D eigenvalue weighted by atomic mass is 32.2. The molecule has 0 aliphatic carbocycles. The molecular weight excluding hydrogens is 424 g/mol. The number of para-hydroxylation sites is 2. The van der Waals surface area contributed by atoms with Crippen LogP contribution in [0.4, 0.5) is 11.4 Å². The van der Waals surface area contributed by atoms with Crippen LogP contribution in [0.15, 0.2) is 71.6 Å². The highest BCUT2D eigenvalue weighted by molar-refractivity contribution is 7.92. The van der Waals surface area contributed by atoms with Gasteiger partial charge in [0.2, 0.25) is 0 Å². The second kappa shape index (κ2) is 9.44. The Balaban J connectivity index is 1.90. The van der Waals surface area contributed by atoms with Gasteiger partial charge in [-0.3, -0.25) is 9.10 Å². The quantitative estimate of drug-likeness (QED) is 0.516. The Bertz CT molecular complexity index is 1220. The average molecular weight is 453 g/mol. The molecule has 0 bridgehead atoms. The number of methoxy groups -OCH3 is 1. The summed E-state index contributed by atoms with van der Waals surface area (Å²) in [4.78, 5) is 15.0. The van der Waals surface area contributed by atoms with E-state index in [1.54, 1.807) is 41.3 Å². The van der Waals surface area contributed by atoms with Crippen LogP contribution in [0.5, 0.6) is 5.75 Å². The number of hydrogen-bond acceptors (Lipinski definition) is 4. The summed E-state index contributed by atoms with van der Waals surface area (Å²) in [6.07, 6.45) is 0. The van der Waals surface area contributed by atoms with Gasteiger partial charge in [-0.2, -0.15) is 0 Å². The molecule has 1 amide bonds. The lowest BCUT2D eigenvalue weighted by Crippen LogP contribution is -2.31. The van der Waals surface area contributed by atoms with Crippen molar-refractivity contribution in [2.75, 3.05) is 29.9 Å². The fraction of sp³-hybridized carbons (Fsp3) is 0.240. The summed E-state index contributed by atoms with van der Waals surface area (Å²) in [6, 6.07) is 18.9. The third-order valence-corrected chi connectivity index (χ3v) is 7.17. The van der Waals surface area contributed by atoms with E-state index in [-0.39, 0.29) is 10.8 Å². The summed E-state index contributed by atoms with van der Waals surface area (Å²) < 4.78 is 32.8. The number of sulfonamides is 1. The number of nitrogens with zero attached hydrogens (tertiary/aromatic N) is 2. The van der Waals surface area contributed by atoms with E-state index < -0.39 is 10.0 Å². The molecule has 0 saturated heterocycles. The zero-order valence-corrected chi connectivity index (χ0v) is 19.8. The molecule has 0 aliphatic heterocycles. The first-order valence-electron chi connectivity index (χ1n) is 10.3. The maximum absolute atomic E-state index is 13.2. The normalized spacial score (nSPS) is 11.2. The summed E-state index contributed by atoms with van der Waals surface area (Å²) in [5.41, 5.74) is 3.84. The Morgan fingerprint density at radius 3 is 2.19 bits per heavy atom. The number of hydrogen-bond donors (Lipinski definition) is 0. The van der Waals surface area contributed by atoms with Gasteiger partial charge >= 0.3 is 0 Å². The van der Waals surface area contributed by atoms with Gasteiger partial charge in [-0.15, -0.1) is 0 Å². The number of ether oxygens (including phenoxy) is 1. The predicted octanol–water partition coefficient (Wildman–Crippen LogP) is 4.80. The molecule has 32 heavy (non-hydrogen) atoms. The van der Waals surface area contributed by atoms with E-state index in [0.29, 0.717) is 23.5 Å². The van der Waals surface area contributed by atoms with E-state index >= 15 is 0 Å². The van der Waals surface area contributed by atoms with Crippen molar-refractivity contribution in [2.45, 2.75) is 25.7 Å². The third-order valence-electron chi connectivity index (χ3n) is 5.39. The second-order valence-corrected chi connectivity index (χ2v) is 9.48. The summed E-state index contributed by atoms with van der Waals surface area (Å²) in [5.74, 6) is 0.277. The summed E-state index contributed by atoms with van der Waals surface area (Å²) >= 11 is 0. The Hall–Kier alpha value is -3.32. The van der Waals surface area contributed by atoms with Crippen molar-refractivity contribution in [3.63, 3.8) is 0 Å². The monoisotopic (exact) mass is 452 g/mol. The molecule has 0 aliphatic rings. The standard InChI is InChI=1S/C25H28N2O4S/c1-6-27(22-16-11-18(2)17-19(22)3)25(28)20-12-14-21(15-13-20)32(29,30)26(4)23-9-7-8-10-24(23)31-5/h7-17H,6H2,1-5H3. The molecule has 7 heteroatoms. The first-order chi connectivity index (χ1) is 15.2.